The number of hydrogen-bond acceptors (Lipinski definition) is 3. The van der Waals surface area contributed by atoms with Gasteiger partial charge in [-0.3, -0.25) is 4.79 Å². The van der Waals surface area contributed by atoms with Crippen LogP contribution in [-0.4, -0.2) is 11.8 Å². The number of carbonyl (C=O) groups excluding carboxylic acids is 1. The van der Waals surface area contributed by atoms with Gasteiger partial charge in [-0.15, -0.1) is 0 Å². The molecule has 0 spiro atoms. The molecule has 1 aromatic heterocycles. The molecular weight excluding hydrogens is 190 g/mol. The average molecular weight is 209 g/mol. The molecule has 15 heavy (non-hydrogen) atoms. The molecule has 0 aliphatic rings. The maximum Gasteiger partial charge on any atom is 0.141 e. The van der Waals surface area contributed by atoms with Crippen molar-refractivity contribution in [1.82, 2.24) is 0 Å². The Bertz CT molecular complexity index is 309. The Morgan fingerprint density at radius 3 is 2.67 bits per heavy atom. The van der Waals surface area contributed by atoms with Gasteiger partial charge in [-0.1, -0.05) is 20.8 Å². The van der Waals surface area contributed by atoms with Crippen molar-refractivity contribution in [3.63, 3.8) is 0 Å². The molecule has 1 unspecified atom stereocenters. The van der Waals surface area contributed by atoms with Crippen LogP contribution in [0.1, 0.15) is 33.0 Å². The monoisotopic (exact) mass is 209 g/mol. The summed E-state index contributed by atoms with van der Waals surface area (Å²) in [6, 6.07) is 3.49. The van der Waals surface area contributed by atoms with Crippen molar-refractivity contribution in [3.8, 4) is 0 Å². The predicted molar refractivity (Wildman–Crippen MR) is 59.5 cm³/mol. The molecule has 84 valence electrons. The lowest BCUT2D eigenvalue weighted by Gasteiger charge is -2.26. The Morgan fingerprint density at radius 1 is 1.53 bits per heavy atom. The molecule has 1 heterocycles. The second kappa shape index (κ2) is 4.62. The molecule has 0 aliphatic carbocycles. The molecule has 1 aromatic rings. The van der Waals surface area contributed by atoms with Crippen LogP contribution in [0.5, 0.6) is 0 Å². The quantitative estimate of drug-likeness (QED) is 0.826. The van der Waals surface area contributed by atoms with E-state index in [1.165, 1.54) is 0 Å². The Balaban J connectivity index is 2.43. The molecule has 0 aliphatic heterocycles. The van der Waals surface area contributed by atoms with Crippen LogP contribution < -0.4 is 5.73 Å². The van der Waals surface area contributed by atoms with E-state index in [4.69, 9.17) is 10.2 Å². The first-order valence-corrected chi connectivity index (χ1v) is 5.19. The van der Waals surface area contributed by atoms with Crippen molar-refractivity contribution in [2.45, 2.75) is 39.7 Å². The van der Waals surface area contributed by atoms with Crippen LogP contribution in [0.2, 0.25) is 0 Å². The molecule has 3 nitrogen and oxygen atoms in total. The zero-order chi connectivity index (χ0) is 11.5. The van der Waals surface area contributed by atoms with Crippen LogP contribution in [-0.2, 0) is 11.2 Å². The van der Waals surface area contributed by atoms with Crippen LogP contribution >= 0.6 is 0 Å². The van der Waals surface area contributed by atoms with Gasteiger partial charge >= 0.3 is 0 Å². The minimum atomic E-state index is -0.0973. The number of Topliss-reactive ketones (excluding diaryl/α,β-unsaturated/α-hetero) is 1. The minimum absolute atomic E-state index is 0.0289. The van der Waals surface area contributed by atoms with Crippen LogP contribution in [0.25, 0.3) is 0 Å². The standard InChI is InChI=1S/C12H19NO2/c1-12(2,3)11(13)8-9(14)7-10-5-4-6-15-10/h4-6,11H,7-8,13H2,1-3H3. The molecule has 3 heteroatoms. The van der Waals surface area contributed by atoms with E-state index in [0.717, 1.165) is 0 Å². The van der Waals surface area contributed by atoms with Crippen LogP contribution in [0.15, 0.2) is 22.8 Å². The van der Waals surface area contributed by atoms with Gasteiger partial charge in [-0.25, -0.2) is 0 Å². The highest BCUT2D eigenvalue weighted by atomic mass is 16.3. The fourth-order valence-electron chi connectivity index (χ4n) is 1.23. The highest BCUT2D eigenvalue weighted by molar-refractivity contribution is 5.80. The Hall–Kier alpha value is -1.09. The van der Waals surface area contributed by atoms with Crippen LogP contribution in [0, 0.1) is 5.41 Å². The van der Waals surface area contributed by atoms with Crippen molar-refractivity contribution in [2.24, 2.45) is 11.1 Å². The molecule has 2 N–H and O–H groups in total. The molecule has 0 amide bonds. The lowest BCUT2D eigenvalue weighted by Crippen LogP contribution is -2.37. The van der Waals surface area contributed by atoms with Crippen LogP contribution in [0.4, 0.5) is 0 Å². The minimum Gasteiger partial charge on any atom is -0.469 e. The van der Waals surface area contributed by atoms with Gasteiger partial charge in [0.05, 0.1) is 12.7 Å². The number of hydrogen-bond donors (Lipinski definition) is 1. The normalized spacial score (nSPS) is 13.9. The third-order valence-electron chi connectivity index (χ3n) is 2.51. The Morgan fingerprint density at radius 2 is 2.20 bits per heavy atom. The molecule has 0 saturated carbocycles. The summed E-state index contributed by atoms with van der Waals surface area (Å²) in [4.78, 5) is 11.6. The smallest absolute Gasteiger partial charge is 0.141 e. The van der Waals surface area contributed by atoms with Gasteiger partial charge in [0.25, 0.3) is 0 Å². The Labute approximate surface area is 90.6 Å². The van der Waals surface area contributed by atoms with E-state index in [0.29, 0.717) is 18.6 Å². The topological polar surface area (TPSA) is 56.2 Å². The van der Waals surface area contributed by atoms with E-state index in [9.17, 15) is 4.79 Å². The van der Waals surface area contributed by atoms with E-state index in [1.54, 1.807) is 18.4 Å². The highest BCUT2D eigenvalue weighted by Crippen LogP contribution is 2.20. The number of carbonyl (C=O) groups is 1. The summed E-state index contributed by atoms with van der Waals surface area (Å²) < 4.78 is 5.11. The van der Waals surface area contributed by atoms with Gasteiger partial charge in [0.2, 0.25) is 0 Å². The number of nitrogens with two attached hydrogens (primary N) is 1. The Kier molecular flexibility index (Phi) is 3.69. The second-order valence-electron chi connectivity index (χ2n) is 4.97. The van der Waals surface area contributed by atoms with E-state index in [1.807, 2.05) is 20.8 Å². The van der Waals surface area contributed by atoms with Crippen molar-refractivity contribution in [2.75, 3.05) is 0 Å². The molecule has 1 rings (SSSR count). The molecular formula is C12H19NO2. The van der Waals surface area contributed by atoms with E-state index in [2.05, 4.69) is 0 Å². The van der Waals surface area contributed by atoms with Crippen molar-refractivity contribution in [1.29, 1.82) is 0 Å². The third-order valence-corrected chi connectivity index (χ3v) is 2.51. The van der Waals surface area contributed by atoms with Gasteiger partial charge in [-0.2, -0.15) is 0 Å². The first-order chi connectivity index (χ1) is 6.89. The third kappa shape index (κ3) is 3.88. The lowest BCUT2D eigenvalue weighted by atomic mass is 9.84. The summed E-state index contributed by atoms with van der Waals surface area (Å²) in [6.07, 6.45) is 2.33. The van der Waals surface area contributed by atoms with Crippen LogP contribution in [0.3, 0.4) is 0 Å². The lowest BCUT2D eigenvalue weighted by molar-refractivity contribution is -0.119. The van der Waals surface area contributed by atoms with Crippen molar-refractivity contribution in [3.05, 3.63) is 24.2 Å². The van der Waals surface area contributed by atoms with Crippen molar-refractivity contribution >= 4 is 5.78 Å². The molecule has 0 saturated heterocycles. The van der Waals surface area contributed by atoms with Gasteiger partial charge in [-0.05, 0) is 17.5 Å². The summed E-state index contributed by atoms with van der Waals surface area (Å²) in [5.74, 6) is 0.841. The highest BCUT2D eigenvalue weighted by Gasteiger charge is 2.23. The molecule has 0 aromatic carbocycles. The maximum atomic E-state index is 11.6. The summed E-state index contributed by atoms with van der Waals surface area (Å²) in [7, 11) is 0. The summed E-state index contributed by atoms with van der Waals surface area (Å²) in [5, 5.41) is 0. The average Bonchev–Trinajstić information content (AvgIpc) is 2.54. The zero-order valence-electron chi connectivity index (χ0n) is 9.62. The fourth-order valence-corrected chi connectivity index (χ4v) is 1.23. The van der Waals surface area contributed by atoms with Gasteiger partial charge in [0.1, 0.15) is 11.5 Å². The molecule has 0 radical (unpaired) electrons. The predicted octanol–water partition coefficient (Wildman–Crippen LogP) is 2.15. The molecule has 1 atom stereocenters. The number of ketones is 1. The summed E-state index contributed by atoms with van der Waals surface area (Å²) >= 11 is 0. The SMILES string of the molecule is CC(C)(C)C(N)CC(=O)Cc1ccco1. The zero-order valence-corrected chi connectivity index (χ0v) is 9.62. The van der Waals surface area contributed by atoms with Gasteiger partial charge in [0.15, 0.2) is 0 Å². The number of rotatable bonds is 4. The summed E-state index contributed by atoms with van der Waals surface area (Å²) in [6.45, 7) is 6.12. The fraction of sp³-hybridized carbons (Fsp3) is 0.583. The largest absolute Gasteiger partial charge is 0.469 e. The van der Waals surface area contributed by atoms with E-state index >= 15 is 0 Å². The number of furan rings is 1. The molecule has 0 fully saturated rings. The van der Waals surface area contributed by atoms with Gasteiger partial charge in [0, 0.05) is 12.5 Å². The maximum absolute atomic E-state index is 11.6. The first-order valence-electron chi connectivity index (χ1n) is 5.19. The van der Waals surface area contributed by atoms with E-state index < -0.39 is 0 Å². The van der Waals surface area contributed by atoms with Crippen molar-refractivity contribution < 1.29 is 9.21 Å². The first kappa shape index (κ1) is 12.0. The summed E-state index contributed by atoms with van der Waals surface area (Å²) in [5.41, 5.74) is 5.90. The second-order valence-corrected chi connectivity index (χ2v) is 4.97. The van der Waals surface area contributed by atoms with E-state index in [-0.39, 0.29) is 17.2 Å². The molecule has 0 bridgehead atoms. The van der Waals surface area contributed by atoms with Gasteiger partial charge < -0.3 is 10.2 Å².